The molecule has 1 amide bonds. The summed E-state index contributed by atoms with van der Waals surface area (Å²) >= 11 is 5.88. The van der Waals surface area contributed by atoms with Gasteiger partial charge in [0.1, 0.15) is 12.0 Å². The van der Waals surface area contributed by atoms with Crippen LogP contribution >= 0.6 is 11.6 Å². The van der Waals surface area contributed by atoms with Crippen molar-refractivity contribution in [2.75, 3.05) is 31.1 Å². The van der Waals surface area contributed by atoms with Gasteiger partial charge in [-0.3, -0.25) is 14.9 Å². The molecule has 2 heterocycles. The maximum Gasteiger partial charge on any atom is 0.287 e. The number of hydrogen-bond acceptors (Lipinski definition) is 5. The molecule has 0 unspecified atom stereocenters. The summed E-state index contributed by atoms with van der Waals surface area (Å²) in [5.41, 5.74) is 1.16. The number of halogens is 1. The summed E-state index contributed by atoms with van der Waals surface area (Å²) < 4.78 is 0. The molecule has 0 N–H and O–H groups in total. The van der Waals surface area contributed by atoms with Gasteiger partial charge in [0.25, 0.3) is 5.69 Å². The van der Waals surface area contributed by atoms with Gasteiger partial charge in [0.15, 0.2) is 0 Å². The fourth-order valence-corrected chi connectivity index (χ4v) is 3.24. The number of pyridine rings is 1. The van der Waals surface area contributed by atoms with E-state index in [4.69, 9.17) is 11.6 Å². The Morgan fingerprint density at radius 3 is 2.41 bits per heavy atom. The monoisotopic (exact) mass is 388 g/mol. The van der Waals surface area contributed by atoms with E-state index >= 15 is 0 Å². The Bertz CT molecular complexity index is 788. The minimum absolute atomic E-state index is 0.0201. The van der Waals surface area contributed by atoms with Gasteiger partial charge >= 0.3 is 0 Å². The number of hydrogen-bond donors (Lipinski definition) is 0. The highest BCUT2D eigenvalue weighted by Crippen LogP contribution is 2.18. The average Bonchev–Trinajstić information content (AvgIpc) is 2.69. The predicted octanol–water partition coefficient (Wildman–Crippen LogP) is 3.31. The standard InChI is InChI=1S/C19H21ClN4O3/c20-16-6-4-15(5-7-16)2-1-3-19(25)23-12-10-22(11-13-23)18-9-8-17(14-21-18)24(26)27/h4-9,14H,1-3,10-13H2. The minimum Gasteiger partial charge on any atom is -0.353 e. The van der Waals surface area contributed by atoms with Crippen molar-refractivity contribution in [2.24, 2.45) is 0 Å². The van der Waals surface area contributed by atoms with Gasteiger partial charge < -0.3 is 9.80 Å². The number of carbonyl (C=O) groups excluding carboxylic acids is 1. The van der Waals surface area contributed by atoms with Gasteiger partial charge in [-0.15, -0.1) is 0 Å². The molecule has 27 heavy (non-hydrogen) atoms. The first-order valence-electron chi connectivity index (χ1n) is 8.90. The number of aromatic nitrogens is 1. The van der Waals surface area contributed by atoms with Crippen molar-refractivity contribution >= 4 is 29.0 Å². The van der Waals surface area contributed by atoms with Gasteiger partial charge in [0, 0.05) is 43.7 Å². The third-order valence-corrected chi connectivity index (χ3v) is 4.92. The van der Waals surface area contributed by atoms with Crippen LogP contribution in [0.4, 0.5) is 11.5 Å². The van der Waals surface area contributed by atoms with Crippen LogP contribution in [0.3, 0.4) is 0 Å². The van der Waals surface area contributed by atoms with E-state index in [2.05, 4.69) is 4.98 Å². The molecular formula is C19H21ClN4O3. The summed E-state index contributed by atoms with van der Waals surface area (Å²) in [7, 11) is 0. The van der Waals surface area contributed by atoms with Crippen LogP contribution in [0.1, 0.15) is 18.4 Å². The van der Waals surface area contributed by atoms with Gasteiger partial charge in [-0.25, -0.2) is 4.98 Å². The van der Waals surface area contributed by atoms with E-state index in [9.17, 15) is 14.9 Å². The number of piperazine rings is 1. The van der Waals surface area contributed by atoms with E-state index in [1.54, 1.807) is 6.07 Å². The molecule has 1 fully saturated rings. The van der Waals surface area contributed by atoms with Crippen LogP contribution in [-0.2, 0) is 11.2 Å². The van der Waals surface area contributed by atoms with Gasteiger partial charge in [-0.1, -0.05) is 23.7 Å². The van der Waals surface area contributed by atoms with Crippen molar-refractivity contribution in [3.05, 3.63) is 63.3 Å². The summed E-state index contributed by atoms with van der Waals surface area (Å²) in [5, 5.41) is 11.4. The molecule has 1 saturated heterocycles. The largest absolute Gasteiger partial charge is 0.353 e. The molecule has 7 nitrogen and oxygen atoms in total. The van der Waals surface area contributed by atoms with Crippen molar-refractivity contribution in [2.45, 2.75) is 19.3 Å². The summed E-state index contributed by atoms with van der Waals surface area (Å²) in [6, 6.07) is 10.8. The van der Waals surface area contributed by atoms with Gasteiger partial charge in [-0.2, -0.15) is 0 Å². The first-order chi connectivity index (χ1) is 13.0. The maximum absolute atomic E-state index is 12.4. The van der Waals surface area contributed by atoms with Crippen LogP contribution in [0.25, 0.3) is 0 Å². The number of anilines is 1. The van der Waals surface area contributed by atoms with Crippen molar-refractivity contribution in [3.8, 4) is 0 Å². The summed E-state index contributed by atoms with van der Waals surface area (Å²) in [5.74, 6) is 0.871. The van der Waals surface area contributed by atoms with Crippen molar-refractivity contribution in [3.63, 3.8) is 0 Å². The summed E-state index contributed by atoms with van der Waals surface area (Å²) in [6.07, 6.45) is 3.46. The Morgan fingerprint density at radius 1 is 1.11 bits per heavy atom. The Labute approximate surface area is 162 Å². The van der Waals surface area contributed by atoms with Crippen LogP contribution < -0.4 is 4.90 Å². The van der Waals surface area contributed by atoms with E-state index in [1.807, 2.05) is 34.1 Å². The highest BCUT2D eigenvalue weighted by atomic mass is 35.5. The van der Waals surface area contributed by atoms with Crippen molar-refractivity contribution in [1.29, 1.82) is 0 Å². The molecule has 1 aromatic carbocycles. The Morgan fingerprint density at radius 2 is 1.81 bits per heavy atom. The number of nitrogens with zero attached hydrogens (tertiary/aromatic N) is 4. The second-order valence-corrected chi connectivity index (χ2v) is 6.92. The molecule has 0 bridgehead atoms. The molecule has 1 aliphatic rings. The van der Waals surface area contributed by atoms with Gasteiger partial charge in [0.05, 0.1) is 4.92 Å². The number of aryl methyl sites for hydroxylation is 1. The molecular weight excluding hydrogens is 368 g/mol. The third kappa shape index (κ3) is 5.17. The number of benzene rings is 1. The molecule has 3 rings (SSSR count). The Kier molecular flexibility index (Phi) is 6.24. The first-order valence-corrected chi connectivity index (χ1v) is 9.28. The molecule has 2 aromatic rings. The molecule has 8 heteroatoms. The smallest absolute Gasteiger partial charge is 0.287 e. The lowest BCUT2D eigenvalue weighted by atomic mass is 10.1. The molecule has 0 spiro atoms. The van der Waals surface area contributed by atoms with Gasteiger partial charge in [-0.05, 0) is 36.6 Å². The zero-order valence-corrected chi connectivity index (χ0v) is 15.6. The van der Waals surface area contributed by atoms with E-state index in [0.29, 0.717) is 38.4 Å². The third-order valence-electron chi connectivity index (χ3n) is 4.67. The molecule has 0 aliphatic carbocycles. The zero-order chi connectivity index (χ0) is 19.2. The SMILES string of the molecule is O=C(CCCc1ccc(Cl)cc1)N1CCN(c2ccc([N+](=O)[O-])cn2)CC1. The maximum atomic E-state index is 12.4. The van der Waals surface area contributed by atoms with E-state index in [-0.39, 0.29) is 11.6 Å². The number of nitro groups is 1. The van der Waals surface area contributed by atoms with Crippen LogP contribution in [-0.4, -0.2) is 46.9 Å². The fourth-order valence-electron chi connectivity index (χ4n) is 3.11. The Hall–Kier alpha value is -2.67. The topological polar surface area (TPSA) is 79.6 Å². The van der Waals surface area contributed by atoms with Crippen LogP contribution in [0.5, 0.6) is 0 Å². The number of carbonyl (C=O) groups is 1. The molecule has 142 valence electrons. The lowest BCUT2D eigenvalue weighted by Gasteiger charge is -2.35. The predicted molar refractivity (Wildman–Crippen MR) is 104 cm³/mol. The van der Waals surface area contributed by atoms with Crippen LogP contribution in [0.15, 0.2) is 42.6 Å². The van der Waals surface area contributed by atoms with Crippen molar-refractivity contribution in [1.82, 2.24) is 9.88 Å². The quantitative estimate of drug-likeness (QED) is 0.560. The van der Waals surface area contributed by atoms with E-state index in [0.717, 1.165) is 17.9 Å². The fraction of sp³-hybridized carbons (Fsp3) is 0.368. The van der Waals surface area contributed by atoms with Crippen LogP contribution in [0, 0.1) is 10.1 Å². The highest BCUT2D eigenvalue weighted by Gasteiger charge is 2.22. The highest BCUT2D eigenvalue weighted by molar-refractivity contribution is 6.30. The summed E-state index contributed by atoms with van der Waals surface area (Å²) in [6.45, 7) is 2.62. The first kappa shape index (κ1) is 19.1. The van der Waals surface area contributed by atoms with E-state index in [1.165, 1.54) is 17.8 Å². The second-order valence-electron chi connectivity index (χ2n) is 6.48. The van der Waals surface area contributed by atoms with Crippen LogP contribution in [0.2, 0.25) is 5.02 Å². The summed E-state index contributed by atoms with van der Waals surface area (Å²) in [4.78, 5) is 30.7. The van der Waals surface area contributed by atoms with Gasteiger partial charge in [0.2, 0.25) is 5.91 Å². The van der Waals surface area contributed by atoms with Crippen molar-refractivity contribution < 1.29 is 9.72 Å². The minimum atomic E-state index is -0.461. The lowest BCUT2D eigenvalue weighted by Crippen LogP contribution is -2.49. The number of amides is 1. The molecule has 1 aliphatic heterocycles. The Balaban J connectivity index is 1.43. The molecule has 0 atom stereocenters. The normalized spacial score (nSPS) is 14.3. The second kappa shape index (κ2) is 8.81. The van der Waals surface area contributed by atoms with E-state index < -0.39 is 4.92 Å². The average molecular weight is 389 g/mol. The lowest BCUT2D eigenvalue weighted by molar-refractivity contribution is -0.385. The number of rotatable bonds is 6. The molecule has 0 saturated carbocycles. The molecule has 0 radical (unpaired) electrons. The zero-order valence-electron chi connectivity index (χ0n) is 14.9. The molecule has 1 aromatic heterocycles.